The summed E-state index contributed by atoms with van der Waals surface area (Å²) in [6, 6.07) is 5.50. The molecule has 2 aliphatic heterocycles. The number of hydrogen-bond donors (Lipinski definition) is 0. The lowest BCUT2D eigenvalue weighted by Gasteiger charge is -2.32. The third-order valence-electron chi connectivity index (χ3n) is 4.47. The van der Waals surface area contributed by atoms with Crippen molar-refractivity contribution in [1.29, 1.82) is 0 Å². The van der Waals surface area contributed by atoms with Crippen molar-refractivity contribution in [2.24, 2.45) is 0 Å². The van der Waals surface area contributed by atoms with Gasteiger partial charge >= 0.3 is 0 Å². The minimum absolute atomic E-state index is 0.0202. The molecule has 3 heteroatoms. The van der Waals surface area contributed by atoms with Crippen LogP contribution in [-0.2, 0) is 13.0 Å². The van der Waals surface area contributed by atoms with Gasteiger partial charge < -0.3 is 4.90 Å². The molecule has 1 saturated heterocycles. The summed E-state index contributed by atoms with van der Waals surface area (Å²) in [5.74, 6) is -0.0202. The van der Waals surface area contributed by atoms with Crippen LogP contribution in [0.1, 0.15) is 30.4 Å². The number of piperidine rings is 1. The van der Waals surface area contributed by atoms with Gasteiger partial charge in [-0.05, 0) is 49.5 Å². The zero-order valence-corrected chi connectivity index (χ0v) is 11.6. The Bertz CT molecular complexity index is 427. The highest BCUT2D eigenvalue weighted by Crippen LogP contribution is 2.21. The molecular weight excluding hydrogens is 239 g/mol. The Morgan fingerprint density at radius 3 is 2.58 bits per heavy atom. The van der Waals surface area contributed by atoms with E-state index in [0.29, 0.717) is 0 Å². The van der Waals surface area contributed by atoms with Crippen LogP contribution in [0.25, 0.3) is 0 Å². The van der Waals surface area contributed by atoms with Crippen molar-refractivity contribution in [3.63, 3.8) is 0 Å². The average molecular weight is 262 g/mol. The lowest BCUT2D eigenvalue weighted by molar-refractivity contribution is 0.173. The molecule has 19 heavy (non-hydrogen) atoms. The minimum atomic E-state index is -0.0202. The van der Waals surface area contributed by atoms with Crippen LogP contribution in [0.3, 0.4) is 0 Å². The van der Waals surface area contributed by atoms with Gasteiger partial charge in [-0.3, -0.25) is 4.90 Å². The number of fused-ring (bicyclic) bond motifs is 1. The molecule has 0 spiro atoms. The van der Waals surface area contributed by atoms with Gasteiger partial charge in [0.1, 0.15) is 5.82 Å². The Balaban J connectivity index is 1.54. The van der Waals surface area contributed by atoms with Crippen molar-refractivity contribution in [1.82, 2.24) is 9.80 Å². The number of hydrogen-bond acceptors (Lipinski definition) is 2. The van der Waals surface area contributed by atoms with Crippen LogP contribution in [0.2, 0.25) is 0 Å². The largest absolute Gasteiger partial charge is 0.302 e. The molecular formula is C16H23FN2. The third-order valence-corrected chi connectivity index (χ3v) is 4.47. The molecule has 3 rings (SSSR count). The molecule has 2 heterocycles. The lowest BCUT2D eigenvalue weighted by atomic mass is 9.99. The molecule has 0 bridgehead atoms. The third kappa shape index (κ3) is 3.15. The molecule has 2 aliphatic rings. The Hall–Kier alpha value is -0.930. The topological polar surface area (TPSA) is 6.48 Å². The van der Waals surface area contributed by atoms with Crippen LogP contribution in [0.5, 0.6) is 0 Å². The predicted molar refractivity (Wildman–Crippen MR) is 75.7 cm³/mol. The van der Waals surface area contributed by atoms with Gasteiger partial charge in [0.2, 0.25) is 0 Å². The first-order valence-corrected chi connectivity index (χ1v) is 7.54. The van der Waals surface area contributed by atoms with E-state index < -0.39 is 0 Å². The van der Waals surface area contributed by atoms with Crippen LogP contribution in [-0.4, -0.2) is 42.5 Å². The molecule has 0 saturated carbocycles. The van der Waals surface area contributed by atoms with Gasteiger partial charge in [0.25, 0.3) is 0 Å². The molecule has 0 radical (unpaired) electrons. The van der Waals surface area contributed by atoms with E-state index in [0.717, 1.165) is 31.6 Å². The quantitative estimate of drug-likeness (QED) is 0.826. The summed E-state index contributed by atoms with van der Waals surface area (Å²) >= 11 is 0. The summed E-state index contributed by atoms with van der Waals surface area (Å²) in [5.41, 5.74) is 2.13. The van der Waals surface area contributed by atoms with Gasteiger partial charge in [-0.1, -0.05) is 18.6 Å². The summed E-state index contributed by atoms with van der Waals surface area (Å²) in [5, 5.41) is 0. The van der Waals surface area contributed by atoms with Crippen molar-refractivity contribution in [3.05, 3.63) is 35.1 Å². The average Bonchev–Trinajstić information content (AvgIpc) is 2.46. The van der Waals surface area contributed by atoms with Gasteiger partial charge in [-0.15, -0.1) is 0 Å². The highest BCUT2D eigenvalue weighted by molar-refractivity contribution is 5.30. The Morgan fingerprint density at radius 1 is 0.947 bits per heavy atom. The van der Waals surface area contributed by atoms with E-state index in [2.05, 4.69) is 15.9 Å². The molecule has 0 unspecified atom stereocenters. The van der Waals surface area contributed by atoms with E-state index in [-0.39, 0.29) is 5.82 Å². The Kier molecular flexibility index (Phi) is 4.14. The number of halogens is 1. The van der Waals surface area contributed by atoms with Crippen molar-refractivity contribution >= 4 is 0 Å². The van der Waals surface area contributed by atoms with Crippen LogP contribution in [0.4, 0.5) is 4.39 Å². The molecule has 0 aliphatic carbocycles. The monoisotopic (exact) mass is 262 g/mol. The number of rotatable bonds is 3. The molecule has 0 aromatic heterocycles. The molecule has 0 amide bonds. The predicted octanol–water partition coefficient (Wildman–Crippen LogP) is 2.67. The fourth-order valence-electron chi connectivity index (χ4n) is 3.28. The SMILES string of the molecule is Fc1cccc2c1CCN(CCN1CCCCC1)C2. The van der Waals surface area contributed by atoms with E-state index in [1.807, 2.05) is 6.07 Å². The molecule has 1 aromatic rings. The maximum absolute atomic E-state index is 13.6. The fraction of sp³-hybridized carbons (Fsp3) is 0.625. The number of nitrogens with zero attached hydrogens (tertiary/aromatic N) is 2. The van der Waals surface area contributed by atoms with E-state index in [1.54, 1.807) is 6.07 Å². The van der Waals surface area contributed by atoms with Crippen molar-refractivity contribution in [3.8, 4) is 0 Å². The Morgan fingerprint density at radius 2 is 1.74 bits per heavy atom. The lowest BCUT2D eigenvalue weighted by Crippen LogP contribution is -2.40. The molecule has 2 nitrogen and oxygen atoms in total. The molecule has 104 valence electrons. The van der Waals surface area contributed by atoms with Crippen molar-refractivity contribution < 1.29 is 4.39 Å². The second kappa shape index (κ2) is 6.02. The van der Waals surface area contributed by atoms with E-state index in [1.165, 1.54) is 44.5 Å². The maximum atomic E-state index is 13.6. The minimum Gasteiger partial charge on any atom is -0.302 e. The second-order valence-corrected chi connectivity index (χ2v) is 5.81. The molecule has 0 atom stereocenters. The number of likely N-dealkylation sites (tertiary alicyclic amines) is 1. The van der Waals surface area contributed by atoms with Crippen LogP contribution in [0, 0.1) is 5.82 Å². The zero-order valence-electron chi connectivity index (χ0n) is 11.6. The maximum Gasteiger partial charge on any atom is 0.126 e. The van der Waals surface area contributed by atoms with Gasteiger partial charge in [-0.25, -0.2) is 4.39 Å². The van der Waals surface area contributed by atoms with Crippen LogP contribution in [0.15, 0.2) is 18.2 Å². The summed E-state index contributed by atoms with van der Waals surface area (Å²) in [4.78, 5) is 5.04. The summed E-state index contributed by atoms with van der Waals surface area (Å²) < 4.78 is 13.6. The van der Waals surface area contributed by atoms with Gasteiger partial charge in [0, 0.05) is 26.2 Å². The summed E-state index contributed by atoms with van der Waals surface area (Å²) in [6.07, 6.45) is 4.97. The van der Waals surface area contributed by atoms with Crippen LogP contribution >= 0.6 is 0 Å². The fourth-order valence-corrected chi connectivity index (χ4v) is 3.28. The van der Waals surface area contributed by atoms with E-state index >= 15 is 0 Å². The highest BCUT2D eigenvalue weighted by atomic mass is 19.1. The molecule has 1 fully saturated rings. The Labute approximate surface area is 115 Å². The second-order valence-electron chi connectivity index (χ2n) is 5.81. The van der Waals surface area contributed by atoms with Crippen molar-refractivity contribution in [2.45, 2.75) is 32.2 Å². The first-order chi connectivity index (χ1) is 9.33. The zero-order chi connectivity index (χ0) is 13.1. The van der Waals surface area contributed by atoms with Gasteiger partial charge in [0.15, 0.2) is 0 Å². The van der Waals surface area contributed by atoms with Gasteiger partial charge in [0.05, 0.1) is 0 Å². The smallest absolute Gasteiger partial charge is 0.126 e. The van der Waals surface area contributed by atoms with Crippen molar-refractivity contribution in [2.75, 3.05) is 32.7 Å². The number of benzene rings is 1. The van der Waals surface area contributed by atoms with E-state index in [4.69, 9.17) is 0 Å². The highest BCUT2D eigenvalue weighted by Gasteiger charge is 2.19. The normalized spacial score (nSPS) is 21.3. The summed E-state index contributed by atoms with van der Waals surface area (Å²) in [6.45, 7) is 6.74. The summed E-state index contributed by atoms with van der Waals surface area (Å²) in [7, 11) is 0. The first-order valence-electron chi connectivity index (χ1n) is 7.54. The van der Waals surface area contributed by atoms with Crippen LogP contribution < -0.4 is 0 Å². The molecule has 0 N–H and O–H groups in total. The standard InChI is InChI=1S/C16H23FN2/c17-16-6-4-5-14-13-19(10-7-15(14)16)12-11-18-8-2-1-3-9-18/h4-6H,1-3,7-13H2. The molecule has 1 aromatic carbocycles. The van der Waals surface area contributed by atoms with Gasteiger partial charge in [-0.2, -0.15) is 0 Å². The van der Waals surface area contributed by atoms with E-state index in [9.17, 15) is 4.39 Å². The first kappa shape index (κ1) is 13.1.